The average Bonchev–Trinajstić information content (AvgIpc) is 3.23. The number of benzene rings is 2. The first-order valence-electron chi connectivity index (χ1n) is 9.49. The predicted molar refractivity (Wildman–Crippen MR) is 127 cm³/mol. The van der Waals surface area contributed by atoms with Crippen molar-refractivity contribution in [1.29, 1.82) is 0 Å². The van der Waals surface area contributed by atoms with Crippen molar-refractivity contribution in [2.75, 3.05) is 5.32 Å². The Kier molecular flexibility index (Phi) is 5.13. The fourth-order valence-corrected chi connectivity index (χ4v) is 3.52. The molecule has 0 unspecified atom stereocenters. The van der Waals surface area contributed by atoms with Crippen LogP contribution in [-0.4, -0.2) is 30.7 Å². The number of amides is 1. The molecule has 0 atom stereocenters. The first kappa shape index (κ1) is 19.3. The van der Waals surface area contributed by atoms with Gasteiger partial charge in [0, 0.05) is 26.6 Å². The number of halogens is 1. The van der Waals surface area contributed by atoms with Crippen LogP contribution in [0.1, 0.15) is 10.4 Å². The van der Waals surface area contributed by atoms with Crippen LogP contribution in [0.2, 0.25) is 0 Å². The molecule has 31 heavy (non-hydrogen) atoms. The van der Waals surface area contributed by atoms with E-state index in [4.69, 9.17) is 5.10 Å². The number of rotatable bonds is 4. The van der Waals surface area contributed by atoms with Crippen LogP contribution in [0.25, 0.3) is 28.4 Å². The van der Waals surface area contributed by atoms with E-state index in [1.165, 1.54) is 0 Å². The summed E-state index contributed by atoms with van der Waals surface area (Å²) in [5.74, 6) is 0.411. The third kappa shape index (κ3) is 4.02. The fourth-order valence-electron chi connectivity index (χ4n) is 3.16. The molecular formula is C23H15IN6O. The molecule has 0 saturated carbocycles. The van der Waals surface area contributed by atoms with Crippen molar-refractivity contribution in [2.24, 2.45) is 0 Å². The van der Waals surface area contributed by atoms with Crippen molar-refractivity contribution in [3.63, 3.8) is 0 Å². The minimum atomic E-state index is -0.159. The average molecular weight is 518 g/mol. The Bertz CT molecular complexity index is 1380. The summed E-state index contributed by atoms with van der Waals surface area (Å²) in [4.78, 5) is 16.9. The number of nitrogens with one attached hydrogen (secondary N) is 1. The number of aromatic nitrogens is 5. The Labute approximate surface area is 191 Å². The Morgan fingerprint density at radius 3 is 2.55 bits per heavy atom. The summed E-state index contributed by atoms with van der Waals surface area (Å²) in [6.07, 6.45) is 1.71. The lowest BCUT2D eigenvalue weighted by Crippen LogP contribution is -2.11. The highest BCUT2D eigenvalue weighted by Gasteiger charge is 2.12. The lowest BCUT2D eigenvalue weighted by atomic mass is 10.1. The second-order valence-electron chi connectivity index (χ2n) is 6.77. The second kappa shape index (κ2) is 8.23. The van der Waals surface area contributed by atoms with Gasteiger partial charge < -0.3 is 5.32 Å². The molecule has 0 bridgehead atoms. The van der Waals surface area contributed by atoms with E-state index in [0.29, 0.717) is 28.4 Å². The highest BCUT2D eigenvalue weighted by Crippen LogP contribution is 2.23. The molecular weight excluding hydrogens is 503 g/mol. The summed E-state index contributed by atoms with van der Waals surface area (Å²) in [5.41, 5.74) is 4.22. The molecule has 0 aliphatic heterocycles. The molecule has 1 N–H and O–H groups in total. The molecule has 8 heteroatoms. The number of nitrogens with zero attached hydrogens (tertiary/aromatic N) is 5. The van der Waals surface area contributed by atoms with Gasteiger partial charge >= 0.3 is 0 Å². The lowest BCUT2D eigenvalue weighted by Gasteiger charge is -2.08. The van der Waals surface area contributed by atoms with Gasteiger partial charge in [0.05, 0.1) is 5.69 Å². The van der Waals surface area contributed by atoms with Gasteiger partial charge in [-0.15, -0.1) is 10.2 Å². The monoisotopic (exact) mass is 518 g/mol. The molecule has 3 heterocycles. The predicted octanol–water partition coefficient (Wildman–Crippen LogP) is 4.71. The smallest absolute Gasteiger partial charge is 0.255 e. The van der Waals surface area contributed by atoms with Gasteiger partial charge in [-0.05, 0) is 83.3 Å². The molecule has 1 amide bonds. The van der Waals surface area contributed by atoms with E-state index in [9.17, 15) is 4.79 Å². The maximum Gasteiger partial charge on any atom is 0.255 e. The molecule has 5 rings (SSSR count). The zero-order chi connectivity index (χ0) is 21.2. The van der Waals surface area contributed by atoms with Gasteiger partial charge in [-0.2, -0.15) is 9.61 Å². The number of carbonyl (C=O) groups is 1. The van der Waals surface area contributed by atoms with Gasteiger partial charge in [-0.25, -0.2) is 0 Å². The van der Waals surface area contributed by atoms with Crippen LogP contribution in [0.15, 0.2) is 85.1 Å². The van der Waals surface area contributed by atoms with Crippen molar-refractivity contribution in [3.05, 3.63) is 94.2 Å². The van der Waals surface area contributed by atoms with E-state index in [0.717, 1.165) is 14.8 Å². The Hall–Kier alpha value is -3.66. The van der Waals surface area contributed by atoms with Crippen LogP contribution in [0, 0.1) is 3.57 Å². The molecule has 0 fully saturated rings. The normalized spacial score (nSPS) is 10.9. The van der Waals surface area contributed by atoms with E-state index >= 15 is 0 Å². The molecule has 0 saturated heterocycles. The molecule has 3 aromatic heterocycles. The number of fused-ring (bicyclic) bond motifs is 1. The topological polar surface area (TPSA) is 85.1 Å². The number of hydrogen-bond donors (Lipinski definition) is 1. The fraction of sp³-hybridized carbons (Fsp3) is 0. The van der Waals surface area contributed by atoms with E-state index in [1.54, 1.807) is 10.7 Å². The van der Waals surface area contributed by atoms with E-state index in [1.807, 2.05) is 78.9 Å². The minimum absolute atomic E-state index is 0.159. The molecule has 0 spiro atoms. The standard InChI is InChI=1S/C23H15IN6O/c24-17-9-7-15(8-10-17)23(31)26-18-5-3-4-16(14-18)19-11-12-21-27-28-22(30(21)29-19)20-6-1-2-13-25-20/h1-14H,(H,26,31). The summed E-state index contributed by atoms with van der Waals surface area (Å²) in [6, 6.07) is 24.4. The van der Waals surface area contributed by atoms with Crippen LogP contribution in [0.5, 0.6) is 0 Å². The minimum Gasteiger partial charge on any atom is -0.322 e. The van der Waals surface area contributed by atoms with Gasteiger partial charge in [-0.1, -0.05) is 18.2 Å². The number of anilines is 1. The summed E-state index contributed by atoms with van der Waals surface area (Å²) in [6.45, 7) is 0. The van der Waals surface area contributed by atoms with Crippen molar-refractivity contribution in [3.8, 4) is 22.8 Å². The Morgan fingerprint density at radius 1 is 0.871 bits per heavy atom. The highest BCUT2D eigenvalue weighted by molar-refractivity contribution is 14.1. The number of hydrogen-bond acceptors (Lipinski definition) is 5. The van der Waals surface area contributed by atoms with Crippen molar-refractivity contribution in [2.45, 2.75) is 0 Å². The second-order valence-corrected chi connectivity index (χ2v) is 8.01. The first-order chi connectivity index (χ1) is 15.2. The third-order valence-corrected chi connectivity index (χ3v) is 5.40. The van der Waals surface area contributed by atoms with Crippen LogP contribution in [0.4, 0.5) is 5.69 Å². The number of pyridine rings is 1. The quantitative estimate of drug-likeness (QED) is 0.349. The highest BCUT2D eigenvalue weighted by atomic mass is 127. The van der Waals surface area contributed by atoms with Crippen molar-refractivity contribution in [1.82, 2.24) is 24.8 Å². The van der Waals surface area contributed by atoms with E-state index in [2.05, 4.69) is 43.1 Å². The molecule has 5 aromatic rings. The molecule has 0 aliphatic carbocycles. The summed E-state index contributed by atoms with van der Waals surface area (Å²) < 4.78 is 2.76. The van der Waals surface area contributed by atoms with Crippen LogP contribution >= 0.6 is 22.6 Å². The summed E-state index contributed by atoms with van der Waals surface area (Å²) in [5, 5.41) is 16.1. The van der Waals surface area contributed by atoms with Gasteiger partial charge in [0.25, 0.3) is 5.91 Å². The summed E-state index contributed by atoms with van der Waals surface area (Å²) >= 11 is 2.21. The van der Waals surface area contributed by atoms with E-state index < -0.39 is 0 Å². The molecule has 150 valence electrons. The SMILES string of the molecule is O=C(Nc1cccc(-c2ccc3nnc(-c4ccccn4)n3n2)c1)c1ccc(I)cc1. The van der Waals surface area contributed by atoms with Gasteiger partial charge in [0.1, 0.15) is 5.69 Å². The van der Waals surface area contributed by atoms with Crippen molar-refractivity contribution >= 4 is 39.8 Å². The Balaban J connectivity index is 1.46. The van der Waals surface area contributed by atoms with E-state index in [-0.39, 0.29) is 5.91 Å². The third-order valence-electron chi connectivity index (χ3n) is 4.68. The van der Waals surface area contributed by atoms with Crippen LogP contribution in [0.3, 0.4) is 0 Å². The van der Waals surface area contributed by atoms with Crippen molar-refractivity contribution < 1.29 is 4.79 Å². The zero-order valence-electron chi connectivity index (χ0n) is 16.1. The first-order valence-corrected chi connectivity index (χ1v) is 10.6. The Morgan fingerprint density at radius 2 is 1.74 bits per heavy atom. The van der Waals surface area contributed by atoms with Gasteiger partial charge in [0.2, 0.25) is 5.82 Å². The zero-order valence-corrected chi connectivity index (χ0v) is 18.3. The summed E-state index contributed by atoms with van der Waals surface area (Å²) in [7, 11) is 0. The van der Waals surface area contributed by atoms with Crippen LogP contribution < -0.4 is 5.32 Å². The van der Waals surface area contributed by atoms with Gasteiger partial charge in [-0.3, -0.25) is 9.78 Å². The molecule has 2 aromatic carbocycles. The maximum atomic E-state index is 12.6. The van der Waals surface area contributed by atoms with Gasteiger partial charge in [0.15, 0.2) is 5.65 Å². The molecule has 0 aliphatic rings. The molecule has 0 radical (unpaired) electrons. The lowest BCUT2D eigenvalue weighted by molar-refractivity contribution is 0.102. The number of carbonyl (C=O) groups excluding carboxylic acids is 1. The maximum absolute atomic E-state index is 12.6. The van der Waals surface area contributed by atoms with Crippen LogP contribution in [-0.2, 0) is 0 Å². The molecule has 7 nitrogen and oxygen atoms in total. The largest absolute Gasteiger partial charge is 0.322 e.